The van der Waals surface area contributed by atoms with E-state index < -0.39 is 0 Å². The highest BCUT2D eigenvalue weighted by molar-refractivity contribution is 5.91. The lowest BCUT2D eigenvalue weighted by atomic mass is 10.2. The number of carbonyl (C=O) groups excluding carboxylic acids is 1. The molecule has 1 amide bonds. The van der Waals surface area contributed by atoms with Gasteiger partial charge in [-0.3, -0.25) is 9.78 Å². The highest BCUT2D eigenvalue weighted by atomic mass is 16.5. The zero-order valence-corrected chi connectivity index (χ0v) is 10.5. The summed E-state index contributed by atoms with van der Waals surface area (Å²) in [6, 6.07) is 6.88. The van der Waals surface area contributed by atoms with Gasteiger partial charge in [-0.2, -0.15) is 0 Å². The number of carbonyl (C=O) groups is 1. The number of hydrogen-bond acceptors (Lipinski definition) is 5. The zero-order chi connectivity index (χ0) is 13.5. The number of amides is 1. The minimum Gasteiger partial charge on any atom is -0.477 e. The summed E-state index contributed by atoms with van der Waals surface area (Å²) in [5.41, 5.74) is 1.24. The Bertz CT molecular complexity index is 528. The van der Waals surface area contributed by atoms with Gasteiger partial charge in [-0.25, -0.2) is 0 Å². The topological polar surface area (TPSA) is 77.0 Å². The molecule has 0 radical (unpaired) electrons. The van der Waals surface area contributed by atoms with E-state index in [0.29, 0.717) is 19.0 Å². The molecule has 0 saturated carbocycles. The Morgan fingerprint density at radius 3 is 2.63 bits per heavy atom. The van der Waals surface area contributed by atoms with E-state index in [1.165, 1.54) is 0 Å². The molecular weight excluding hydrogens is 244 g/mol. The van der Waals surface area contributed by atoms with Crippen molar-refractivity contribution in [2.45, 2.75) is 13.5 Å². The summed E-state index contributed by atoms with van der Waals surface area (Å²) >= 11 is 0. The molecule has 2 rings (SSSR count). The van der Waals surface area contributed by atoms with Crippen molar-refractivity contribution >= 4 is 5.91 Å². The molecule has 0 spiro atoms. The van der Waals surface area contributed by atoms with Crippen molar-refractivity contribution in [2.24, 2.45) is 0 Å². The maximum Gasteiger partial charge on any atom is 0.272 e. The lowest BCUT2D eigenvalue weighted by molar-refractivity contribution is 0.0944. The van der Waals surface area contributed by atoms with Gasteiger partial charge in [-0.1, -0.05) is 0 Å². The van der Waals surface area contributed by atoms with E-state index in [1.807, 2.05) is 19.1 Å². The van der Waals surface area contributed by atoms with E-state index in [1.54, 1.807) is 24.5 Å². The fourth-order valence-corrected chi connectivity index (χ4v) is 1.44. The number of aromatic nitrogens is 3. The van der Waals surface area contributed by atoms with Crippen molar-refractivity contribution in [2.75, 3.05) is 6.61 Å². The first-order valence-electron chi connectivity index (χ1n) is 5.93. The fourth-order valence-electron chi connectivity index (χ4n) is 1.44. The van der Waals surface area contributed by atoms with Crippen LogP contribution >= 0.6 is 0 Å². The third-order valence-corrected chi connectivity index (χ3v) is 2.37. The molecular formula is C13H14N4O2. The van der Waals surface area contributed by atoms with Crippen LogP contribution < -0.4 is 10.1 Å². The molecule has 2 aromatic rings. The van der Waals surface area contributed by atoms with Gasteiger partial charge in [-0.15, -0.1) is 10.2 Å². The van der Waals surface area contributed by atoms with Crippen molar-refractivity contribution < 1.29 is 9.53 Å². The Kier molecular flexibility index (Phi) is 4.39. The molecule has 0 aliphatic heterocycles. The standard InChI is InChI=1S/C13H14N4O2/c1-2-19-12-4-3-11(16-17-12)13(18)15-9-10-5-7-14-8-6-10/h3-8H,2,9H2,1H3,(H,15,18). The van der Waals surface area contributed by atoms with Crippen LogP contribution in [0.3, 0.4) is 0 Å². The normalized spacial score (nSPS) is 9.95. The summed E-state index contributed by atoms with van der Waals surface area (Å²) in [6.07, 6.45) is 3.36. The number of hydrogen-bond donors (Lipinski definition) is 1. The minimum absolute atomic E-state index is 0.262. The molecule has 2 aromatic heterocycles. The number of nitrogens with one attached hydrogen (secondary N) is 1. The summed E-state index contributed by atoms with van der Waals surface area (Å²) in [6.45, 7) is 2.80. The maximum absolute atomic E-state index is 11.8. The van der Waals surface area contributed by atoms with Crippen molar-refractivity contribution in [1.29, 1.82) is 0 Å². The minimum atomic E-state index is -0.271. The van der Waals surface area contributed by atoms with Crippen molar-refractivity contribution in [1.82, 2.24) is 20.5 Å². The Morgan fingerprint density at radius 2 is 2.00 bits per heavy atom. The molecule has 0 unspecified atom stereocenters. The molecule has 1 N–H and O–H groups in total. The van der Waals surface area contributed by atoms with E-state index in [9.17, 15) is 4.79 Å². The summed E-state index contributed by atoms with van der Waals surface area (Å²) in [4.78, 5) is 15.7. The second-order valence-electron chi connectivity index (χ2n) is 3.73. The summed E-state index contributed by atoms with van der Waals surface area (Å²) in [7, 11) is 0. The zero-order valence-electron chi connectivity index (χ0n) is 10.5. The number of pyridine rings is 1. The Balaban J connectivity index is 1.92. The molecule has 19 heavy (non-hydrogen) atoms. The number of ether oxygens (including phenoxy) is 1. The van der Waals surface area contributed by atoms with Gasteiger partial charge in [0.15, 0.2) is 5.69 Å². The van der Waals surface area contributed by atoms with Gasteiger partial charge in [-0.05, 0) is 30.7 Å². The van der Waals surface area contributed by atoms with E-state index in [2.05, 4.69) is 20.5 Å². The summed E-state index contributed by atoms with van der Waals surface area (Å²) in [5.74, 6) is 0.139. The monoisotopic (exact) mass is 258 g/mol. The van der Waals surface area contributed by atoms with E-state index in [-0.39, 0.29) is 11.6 Å². The second kappa shape index (κ2) is 6.44. The second-order valence-corrected chi connectivity index (χ2v) is 3.73. The predicted molar refractivity (Wildman–Crippen MR) is 68.6 cm³/mol. The van der Waals surface area contributed by atoms with Gasteiger partial charge in [0.05, 0.1) is 6.61 Å². The highest BCUT2D eigenvalue weighted by Crippen LogP contribution is 2.04. The van der Waals surface area contributed by atoms with Gasteiger partial charge in [0.2, 0.25) is 5.88 Å². The molecule has 0 bridgehead atoms. The van der Waals surface area contributed by atoms with Gasteiger partial charge in [0.1, 0.15) is 0 Å². The largest absolute Gasteiger partial charge is 0.477 e. The molecule has 0 aliphatic rings. The summed E-state index contributed by atoms with van der Waals surface area (Å²) in [5, 5.41) is 10.4. The van der Waals surface area contributed by atoms with Crippen LogP contribution in [0.5, 0.6) is 5.88 Å². The van der Waals surface area contributed by atoms with Gasteiger partial charge in [0, 0.05) is 25.0 Å². The molecule has 98 valence electrons. The lowest BCUT2D eigenvalue weighted by Gasteiger charge is -2.05. The predicted octanol–water partition coefficient (Wildman–Crippen LogP) is 1.20. The van der Waals surface area contributed by atoms with Crippen LogP contribution in [0.25, 0.3) is 0 Å². The van der Waals surface area contributed by atoms with Gasteiger partial charge >= 0.3 is 0 Å². The molecule has 6 heteroatoms. The third kappa shape index (κ3) is 3.74. The average molecular weight is 258 g/mol. The number of rotatable bonds is 5. The molecule has 0 aliphatic carbocycles. The number of nitrogens with zero attached hydrogens (tertiary/aromatic N) is 3. The molecule has 0 saturated heterocycles. The average Bonchev–Trinajstić information content (AvgIpc) is 2.47. The first-order valence-corrected chi connectivity index (χ1v) is 5.93. The van der Waals surface area contributed by atoms with Crippen LogP contribution in [0.15, 0.2) is 36.7 Å². The van der Waals surface area contributed by atoms with Crippen molar-refractivity contribution in [3.05, 3.63) is 47.9 Å². The first kappa shape index (κ1) is 12.9. The van der Waals surface area contributed by atoms with Crippen molar-refractivity contribution in [3.8, 4) is 5.88 Å². The Hall–Kier alpha value is -2.50. The van der Waals surface area contributed by atoms with E-state index in [4.69, 9.17) is 4.74 Å². The van der Waals surface area contributed by atoms with Crippen LogP contribution in [-0.4, -0.2) is 27.7 Å². The third-order valence-electron chi connectivity index (χ3n) is 2.37. The fraction of sp³-hybridized carbons (Fsp3) is 0.231. The lowest BCUT2D eigenvalue weighted by Crippen LogP contribution is -2.24. The summed E-state index contributed by atoms with van der Waals surface area (Å²) < 4.78 is 5.16. The Labute approximate surface area is 110 Å². The van der Waals surface area contributed by atoms with E-state index in [0.717, 1.165) is 5.56 Å². The maximum atomic E-state index is 11.8. The van der Waals surface area contributed by atoms with Crippen molar-refractivity contribution in [3.63, 3.8) is 0 Å². The Morgan fingerprint density at radius 1 is 1.21 bits per heavy atom. The van der Waals surface area contributed by atoms with Crippen LogP contribution in [0.2, 0.25) is 0 Å². The molecule has 6 nitrogen and oxygen atoms in total. The van der Waals surface area contributed by atoms with Crippen LogP contribution in [0.1, 0.15) is 23.0 Å². The van der Waals surface area contributed by atoms with Gasteiger partial charge < -0.3 is 10.1 Å². The van der Waals surface area contributed by atoms with Crippen LogP contribution in [-0.2, 0) is 6.54 Å². The molecule has 2 heterocycles. The van der Waals surface area contributed by atoms with E-state index >= 15 is 0 Å². The molecule has 0 aromatic carbocycles. The SMILES string of the molecule is CCOc1ccc(C(=O)NCc2ccncc2)nn1. The quantitative estimate of drug-likeness (QED) is 0.872. The molecule has 0 fully saturated rings. The van der Waals surface area contributed by atoms with Gasteiger partial charge in [0.25, 0.3) is 5.91 Å². The smallest absolute Gasteiger partial charge is 0.272 e. The molecule has 0 atom stereocenters. The first-order chi connectivity index (χ1) is 9.29. The highest BCUT2D eigenvalue weighted by Gasteiger charge is 2.07. The van der Waals surface area contributed by atoms with Crippen LogP contribution in [0, 0.1) is 0 Å². The van der Waals surface area contributed by atoms with Crippen LogP contribution in [0.4, 0.5) is 0 Å².